The van der Waals surface area contributed by atoms with Crippen LogP contribution in [0, 0.1) is 39.4 Å². The van der Waals surface area contributed by atoms with Crippen LogP contribution in [0.4, 0.5) is 0 Å². The largest absolute Gasteiger partial charge is 0.481 e. The predicted octanol–water partition coefficient (Wildman–Crippen LogP) is 4.13. The number of carboxylic acid groups (broad SMARTS) is 1. The molecule has 4 aliphatic rings. The Morgan fingerprint density at radius 1 is 1.12 bits per heavy atom. The molecule has 6 heteroatoms. The summed E-state index contributed by atoms with van der Waals surface area (Å²) in [6.45, 7) is 11.6. The minimum absolute atomic E-state index is 0.00759. The molecule has 0 aromatic carbocycles. The normalized spacial score (nSPS) is 44.2. The Balaban J connectivity index is 1.89. The van der Waals surface area contributed by atoms with Gasteiger partial charge in [0.25, 0.3) is 0 Å². The van der Waals surface area contributed by atoms with Gasteiger partial charge in [-0.05, 0) is 48.7 Å². The van der Waals surface area contributed by atoms with Crippen molar-refractivity contribution >= 4 is 23.5 Å². The molecule has 0 amide bonds. The SMILES string of the molecule is CC(=O)OC1CC2C(C)(C)C(=O)C=CC2(C)C2CCC3(C)C(=CC(=O)C3CC(=O)O)C12C. The van der Waals surface area contributed by atoms with Crippen molar-refractivity contribution in [1.29, 1.82) is 0 Å². The summed E-state index contributed by atoms with van der Waals surface area (Å²) >= 11 is 0. The zero-order valence-electron chi connectivity index (χ0n) is 19.9. The molecule has 7 atom stereocenters. The Labute approximate surface area is 189 Å². The van der Waals surface area contributed by atoms with Crippen LogP contribution in [0.3, 0.4) is 0 Å². The van der Waals surface area contributed by atoms with Crippen molar-refractivity contribution in [2.45, 2.75) is 73.3 Å². The number of ether oxygens (including phenoxy) is 1. The van der Waals surface area contributed by atoms with Crippen LogP contribution < -0.4 is 0 Å². The molecule has 0 spiro atoms. The number of carboxylic acids is 1. The Hall–Kier alpha value is -2.24. The summed E-state index contributed by atoms with van der Waals surface area (Å²) in [4.78, 5) is 49.5. The van der Waals surface area contributed by atoms with E-state index in [4.69, 9.17) is 4.74 Å². The van der Waals surface area contributed by atoms with Gasteiger partial charge < -0.3 is 9.84 Å². The van der Waals surface area contributed by atoms with Crippen LogP contribution in [0.5, 0.6) is 0 Å². The maximum Gasteiger partial charge on any atom is 0.304 e. The molecule has 4 rings (SSSR count). The fourth-order valence-corrected chi connectivity index (χ4v) is 8.05. The first-order chi connectivity index (χ1) is 14.7. The van der Waals surface area contributed by atoms with E-state index in [1.54, 1.807) is 12.2 Å². The number of ketones is 2. The molecule has 0 aliphatic heterocycles. The van der Waals surface area contributed by atoms with E-state index in [1.165, 1.54) is 6.92 Å². The van der Waals surface area contributed by atoms with E-state index in [-0.39, 0.29) is 41.2 Å². The Kier molecular flexibility index (Phi) is 4.93. The lowest BCUT2D eigenvalue weighted by Gasteiger charge is -2.66. The van der Waals surface area contributed by atoms with Gasteiger partial charge in [0, 0.05) is 29.1 Å². The summed E-state index contributed by atoms with van der Waals surface area (Å²) in [5.41, 5.74) is -1.17. The number of carbonyl (C=O) groups is 4. The van der Waals surface area contributed by atoms with Crippen LogP contribution >= 0.6 is 0 Å². The average Bonchev–Trinajstić information content (AvgIpc) is 2.92. The van der Waals surface area contributed by atoms with E-state index in [9.17, 15) is 24.3 Å². The molecule has 32 heavy (non-hydrogen) atoms. The molecule has 0 heterocycles. The molecule has 2 saturated carbocycles. The second-order valence-corrected chi connectivity index (χ2v) is 11.6. The molecular weight excluding hydrogens is 408 g/mol. The number of esters is 1. The van der Waals surface area contributed by atoms with E-state index in [1.807, 2.05) is 26.8 Å². The molecule has 174 valence electrons. The van der Waals surface area contributed by atoms with E-state index in [0.717, 1.165) is 12.0 Å². The van der Waals surface area contributed by atoms with Gasteiger partial charge in [-0.1, -0.05) is 46.3 Å². The Morgan fingerprint density at radius 3 is 2.38 bits per heavy atom. The Bertz CT molecular complexity index is 973. The molecule has 1 N–H and O–H groups in total. The number of allylic oxidation sites excluding steroid dienone is 3. The van der Waals surface area contributed by atoms with Gasteiger partial charge in [0.1, 0.15) is 6.10 Å². The average molecular weight is 443 g/mol. The molecule has 2 fully saturated rings. The first kappa shape index (κ1) is 22.9. The number of aliphatic carboxylic acids is 1. The van der Waals surface area contributed by atoms with Crippen molar-refractivity contribution in [2.24, 2.45) is 39.4 Å². The third-order valence-electron chi connectivity index (χ3n) is 9.68. The lowest BCUT2D eigenvalue weighted by atomic mass is 9.38. The highest BCUT2D eigenvalue weighted by molar-refractivity contribution is 5.99. The van der Waals surface area contributed by atoms with Crippen molar-refractivity contribution in [3.8, 4) is 0 Å². The van der Waals surface area contributed by atoms with E-state index in [0.29, 0.717) is 12.8 Å². The van der Waals surface area contributed by atoms with Crippen LogP contribution in [0.2, 0.25) is 0 Å². The Morgan fingerprint density at radius 2 is 1.78 bits per heavy atom. The van der Waals surface area contributed by atoms with Gasteiger partial charge in [-0.2, -0.15) is 0 Å². The molecule has 0 bridgehead atoms. The lowest BCUT2D eigenvalue weighted by molar-refractivity contribution is -0.188. The van der Waals surface area contributed by atoms with Gasteiger partial charge in [-0.25, -0.2) is 0 Å². The number of carbonyl (C=O) groups excluding carboxylic acids is 3. The highest BCUT2D eigenvalue weighted by Gasteiger charge is 2.69. The van der Waals surface area contributed by atoms with Crippen molar-refractivity contribution in [1.82, 2.24) is 0 Å². The van der Waals surface area contributed by atoms with Crippen molar-refractivity contribution in [3.05, 3.63) is 23.8 Å². The first-order valence-electron chi connectivity index (χ1n) is 11.6. The first-order valence-corrected chi connectivity index (χ1v) is 11.6. The van der Waals surface area contributed by atoms with Crippen LogP contribution in [0.15, 0.2) is 23.8 Å². The minimum atomic E-state index is -0.978. The molecule has 4 aliphatic carbocycles. The maximum atomic E-state index is 13.0. The van der Waals surface area contributed by atoms with E-state index >= 15 is 0 Å². The molecule has 7 unspecified atom stereocenters. The number of hydrogen-bond acceptors (Lipinski definition) is 5. The standard InChI is InChI=1S/C26H34O6/c1-14(27)32-21-13-18-23(2,3)20(29)8-10-25(18,5)17-7-9-24(4)15(11-22(30)31)16(28)12-19(24)26(17,21)6/h8,10,12,15,17-18,21H,7,9,11,13H2,1-6H3,(H,30,31). The van der Waals surface area contributed by atoms with Crippen LogP contribution in [0.25, 0.3) is 0 Å². The van der Waals surface area contributed by atoms with Crippen LogP contribution in [-0.2, 0) is 23.9 Å². The summed E-state index contributed by atoms with van der Waals surface area (Å²) in [6.07, 6.45) is 6.72. The molecule has 6 nitrogen and oxygen atoms in total. The summed E-state index contributed by atoms with van der Waals surface area (Å²) in [5.74, 6) is -1.97. The van der Waals surface area contributed by atoms with Gasteiger partial charge in [0.15, 0.2) is 11.6 Å². The van der Waals surface area contributed by atoms with Gasteiger partial charge in [0.2, 0.25) is 0 Å². The zero-order chi connectivity index (χ0) is 23.9. The quantitative estimate of drug-likeness (QED) is 0.660. The number of fused-ring (bicyclic) bond motifs is 5. The van der Waals surface area contributed by atoms with Crippen LogP contribution in [-0.4, -0.2) is 34.7 Å². The second-order valence-electron chi connectivity index (χ2n) is 11.6. The second kappa shape index (κ2) is 6.88. The fraction of sp³-hybridized carbons (Fsp3) is 0.692. The molecule has 0 aromatic rings. The summed E-state index contributed by atoms with van der Waals surface area (Å²) < 4.78 is 5.95. The predicted molar refractivity (Wildman–Crippen MR) is 117 cm³/mol. The highest BCUT2D eigenvalue weighted by Crippen LogP contribution is 2.71. The van der Waals surface area contributed by atoms with Crippen molar-refractivity contribution in [3.63, 3.8) is 0 Å². The van der Waals surface area contributed by atoms with Gasteiger partial charge in [0.05, 0.1) is 6.42 Å². The summed E-state index contributed by atoms with van der Waals surface area (Å²) in [7, 11) is 0. The fourth-order valence-electron chi connectivity index (χ4n) is 8.05. The topological polar surface area (TPSA) is 97.7 Å². The van der Waals surface area contributed by atoms with Crippen molar-refractivity contribution in [2.75, 3.05) is 0 Å². The third-order valence-corrected chi connectivity index (χ3v) is 9.68. The van der Waals surface area contributed by atoms with E-state index in [2.05, 4.69) is 13.8 Å². The highest BCUT2D eigenvalue weighted by atomic mass is 16.5. The molecule has 0 radical (unpaired) electrons. The number of hydrogen-bond donors (Lipinski definition) is 1. The number of rotatable bonds is 3. The van der Waals surface area contributed by atoms with Gasteiger partial charge in [-0.15, -0.1) is 0 Å². The lowest BCUT2D eigenvalue weighted by Crippen LogP contribution is -2.64. The molecule has 0 aromatic heterocycles. The molecule has 0 saturated heterocycles. The molecular formula is C26H34O6. The van der Waals surface area contributed by atoms with Gasteiger partial charge in [-0.3, -0.25) is 19.2 Å². The monoisotopic (exact) mass is 442 g/mol. The van der Waals surface area contributed by atoms with E-state index < -0.39 is 34.2 Å². The van der Waals surface area contributed by atoms with Crippen molar-refractivity contribution < 1.29 is 29.0 Å². The van der Waals surface area contributed by atoms with Gasteiger partial charge >= 0.3 is 11.9 Å². The summed E-state index contributed by atoms with van der Waals surface area (Å²) in [5, 5.41) is 9.46. The summed E-state index contributed by atoms with van der Waals surface area (Å²) in [6, 6.07) is 0. The zero-order valence-corrected chi connectivity index (χ0v) is 19.9. The van der Waals surface area contributed by atoms with Crippen LogP contribution in [0.1, 0.15) is 67.2 Å². The minimum Gasteiger partial charge on any atom is -0.481 e. The third kappa shape index (κ3) is 2.83. The maximum absolute atomic E-state index is 13.0. The smallest absolute Gasteiger partial charge is 0.304 e.